The van der Waals surface area contributed by atoms with E-state index < -0.39 is 0 Å². The molecule has 0 aliphatic rings. The van der Waals surface area contributed by atoms with E-state index in [-0.39, 0.29) is 12.6 Å². The molecule has 78 valence electrons. The summed E-state index contributed by atoms with van der Waals surface area (Å²) in [5.74, 6) is 0.332. The van der Waals surface area contributed by atoms with Crippen molar-refractivity contribution in [1.29, 1.82) is 0 Å². The summed E-state index contributed by atoms with van der Waals surface area (Å²) in [5.41, 5.74) is 7.81. The van der Waals surface area contributed by atoms with E-state index in [1.54, 1.807) is 6.07 Å². The van der Waals surface area contributed by atoms with E-state index in [0.717, 1.165) is 11.1 Å². The van der Waals surface area contributed by atoms with E-state index >= 15 is 0 Å². The molecule has 0 saturated heterocycles. The summed E-state index contributed by atoms with van der Waals surface area (Å²) in [6.07, 6.45) is 0. The molecule has 0 heterocycles. The number of halogens is 1. The molecule has 14 heavy (non-hydrogen) atoms. The molecule has 1 aromatic rings. The Morgan fingerprint density at radius 2 is 2.07 bits per heavy atom. The van der Waals surface area contributed by atoms with Gasteiger partial charge in [0.2, 0.25) is 0 Å². The zero-order valence-corrected chi connectivity index (χ0v) is 9.25. The van der Waals surface area contributed by atoms with Gasteiger partial charge in [-0.3, -0.25) is 0 Å². The Hall–Kier alpha value is -0.570. The first-order chi connectivity index (χ1) is 6.56. The van der Waals surface area contributed by atoms with Crippen molar-refractivity contribution in [2.24, 2.45) is 11.7 Å². The van der Waals surface area contributed by atoms with Gasteiger partial charge in [0.15, 0.2) is 0 Å². The van der Waals surface area contributed by atoms with Gasteiger partial charge < -0.3 is 10.8 Å². The van der Waals surface area contributed by atoms with Gasteiger partial charge in [0, 0.05) is 11.1 Å². The lowest BCUT2D eigenvalue weighted by molar-refractivity contribution is 0.279. The molecule has 0 aromatic heterocycles. The van der Waals surface area contributed by atoms with Gasteiger partial charge in [-0.2, -0.15) is 0 Å². The van der Waals surface area contributed by atoms with Crippen LogP contribution in [0.15, 0.2) is 18.2 Å². The van der Waals surface area contributed by atoms with Gasteiger partial charge in [-0.25, -0.2) is 0 Å². The number of benzene rings is 1. The largest absolute Gasteiger partial charge is 0.392 e. The number of hydrogen-bond donors (Lipinski definition) is 2. The maximum Gasteiger partial charge on any atom is 0.0685 e. The molecule has 0 amide bonds. The van der Waals surface area contributed by atoms with E-state index in [2.05, 4.69) is 0 Å². The van der Waals surface area contributed by atoms with Gasteiger partial charge in [0.1, 0.15) is 0 Å². The van der Waals surface area contributed by atoms with Crippen molar-refractivity contribution in [1.82, 2.24) is 0 Å². The predicted octanol–water partition coefficient (Wildman–Crippen LogP) is 2.49. The summed E-state index contributed by atoms with van der Waals surface area (Å²) in [7, 11) is 0. The Morgan fingerprint density at radius 3 is 2.57 bits per heavy atom. The monoisotopic (exact) mass is 213 g/mol. The molecular weight excluding hydrogens is 198 g/mol. The average Bonchev–Trinajstić information content (AvgIpc) is 2.16. The molecule has 0 radical (unpaired) electrons. The van der Waals surface area contributed by atoms with Crippen LogP contribution < -0.4 is 5.73 Å². The number of hydrogen-bond acceptors (Lipinski definition) is 2. The van der Waals surface area contributed by atoms with Crippen LogP contribution in [-0.2, 0) is 6.61 Å². The van der Waals surface area contributed by atoms with Crippen molar-refractivity contribution in [2.45, 2.75) is 26.5 Å². The zero-order valence-electron chi connectivity index (χ0n) is 8.50. The molecular formula is C11H16ClNO. The lowest BCUT2D eigenvalue weighted by atomic mass is 9.93. The molecule has 0 saturated carbocycles. The molecule has 0 fully saturated rings. The lowest BCUT2D eigenvalue weighted by Gasteiger charge is -2.19. The van der Waals surface area contributed by atoms with Crippen molar-refractivity contribution in [3.8, 4) is 0 Å². The van der Waals surface area contributed by atoms with Gasteiger partial charge >= 0.3 is 0 Å². The van der Waals surface area contributed by atoms with Crippen LogP contribution in [0, 0.1) is 5.92 Å². The van der Waals surface area contributed by atoms with Gasteiger partial charge in [-0.05, 0) is 29.2 Å². The average molecular weight is 214 g/mol. The highest BCUT2D eigenvalue weighted by atomic mass is 35.5. The maximum atomic E-state index is 9.14. The third-order valence-electron chi connectivity index (χ3n) is 2.36. The number of aliphatic hydroxyl groups is 1. The van der Waals surface area contributed by atoms with E-state index in [4.69, 9.17) is 22.4 Å². The molecule has 0 aliphatic heterocycles. The third-order valence-corrected chi connectivity index (χ3v) is 2.59. The van der Waals surface area contributed by atoms with Gasteiger partial charge in [-0.15, -0.1) is 0 Å². The van der Waals surface area contributed by atoms with Crippen LogP contribution in [-0.4, -0.2) is 5.11 Å². The third kappa shape index (κ3) is 2.47. The minimum atomic E-state index is -0.0733. The maximum absolute atomic E-state index is 9.14. The number of nitrogens with two attached hydrogens (primary N) is 1. The smallest absolute Gasteiger partial charge is 0.0685 e. The highest BCUT2D eigenvalue weighted by molar-refractivity contribution is 6.30. The fourth-order valence-electron chi connectivity index (χ4n) is 1.38. The fraction of sp³-hybridized carbons (Fsp3) is 0.455. The second-order valence-corrected chi connectivity index (χ2v) is 4.21. The first-order valence-electron chi connectivity index (χ1n) is 4.71. The number of aliphatic hydroxyl groups excluding tert-OH is 1. The molecule has 3 heteroatoms. The van der Waals surface area contributed by atoms with E-state index in [1.165, 1.54) is 0 Å². The molecule has 1 atom stereocenters. The summed E-state index contributed by atoms with van der Waals surface area (Å²) in [6, 6.07) is 5.34. The summed E-state index contributed by atoms with van der Waals surface area (Å²) in [6.45, 7) is 4.10. The van der Waals surface area contributed by atoms with Crippen molar-refractivity contribution < 1.29 is 5.11 Å². The Kier molecular flexibility index (Phi) is 3.93. The molecule has 1 rings (SSSR count). The summed E-state index contributed by atoms with van der Waals surface area (Å²) in [5, 5.41) is 9.80. The Morgan fingerprint density at radius 1 is 1.43 bits per heavy atom. The van der Waals surface area contributed by atoms with Crippen LogP contribution in [0.3, 0.4) is 0 Å². The second kappa shape index (κ2) is 4.78. The number of rotatable bonds is 3. The normalized spacial score (nSPS) is 13.3. The standard InChI is InChI=1S/C11H16ClNO/c1-7(2)11(13)10-5-9(12)4-3-8(10)6-14/h3-5,7,11,14H,6,13H2,1-2H3/t11-/m0/s1. The van der Waals surface area contributed by atoms with E-state index in [1.807, 2.05) is 26.0 Å². The minimum absolute atomic E-state index is 0.00687. The SMILES string of the molecule is CC(C)[C@H](N)c1cc(Cl)ccc1CO. The Bertz CT molecular complexity index is 312. The highest BCUT2D eigenvalue weighted by Crippen LogP contribution is 2.25. The first-order valence-corrected chi connectivity index (χ1v) is 5.08. The molecule has 0 spiro atoms. The molecule has 0 aliphatic carbocycles. The van der Waals surface area contributed by atoms with Gasteiger partial charge in [0.25, 0.3) is 0 Å². The topological polar surface area (TPSA) is 46.2 Å². The van der Waals surface area contributed by atoms with E-state index in [0.29, 0.717) is 10.9 Å². The van der Waals surface area contributed by atoms with Crippen LogP contribution in [0.1, 0.15) is 31.0 Å². The molecule has 1 aromatic carbocycles. The molecule has 3 N–H and O–H groups in total. The molecule has 0 unspecified atom stereocenters. The van der Waals surface area contributed by atoms with Crippen molar-refractivity contribution in [3.63, 3.8) is 0 Å². The van der Waals surface area contributed by atoms with Crippen molar-refractivity contribution >= 4 is 11.6 Å². The summed E-state index contributed by atoms with van der Waals surface area (Å²) in [4.78, 5) is 0. The van der Waals surface area contributed by atoms with Crippen LogP contribution in [0.5, 0.6) is 0 Å². The Balaban J connectivity index is 3.10. The zero-order chi connectivity index (χ0) is 10.7. The summed E-state index contributed by atoms with van der Waals surface area (Å²) < 4.78 is 0. The first kappa shape index (κ1) is 11.5. The van der Waals surface area contributed by atoms with E-state index in [9.17, 15) is 0 Å². The van der Waals surface area contributed by atoms with Gasteiger partial charge in [-0.1, -0.05) is 31.5 Å². The van der Waals surface area contributed by atoms with Gasteiger partial charge in [0.05, 0.1) is 6.61 Å². The van der Waals surface area contributed by atoms with Crippen molar-refractivity contribution in [2.75, 3.05) is 0 Å². The second-order valence-electron chi connectivity index (χ2n) is 3.77. The van der Waals surface area contributed by atoms with Crippen molar-refractivity contribution in [3.05, 3.63) is 34.3 Å². The summed E-state index contributed by atoms with van der Waals surface area (Å²) >= 11 is 5.89. The fourth-order valence-corrected chi connectivity index (χ4v) is 1.56. The molecule has 2 nitrogen and oxygen atoms in total. The molecule has 0 bridgehead atoms. The lowest BCUT2D eigenvalue weighted by Crippen LogP contribution is -2.18. The Labute approximate surface area is 89.7 Å². The van der Waals surface area contributed by atoms with Crippen LogP contribution in [0.25, 0.3) is 0 Å². The van der Waals surface area contributed by atoms with Crippen LogP contribution in [0.2, 0.25) is 5.02 Å². The highest BCUT2D eigenvalue weighted by Gasteiger charge is 2.14. The van der Waals surface area contributed by atoms with Crippen LogP contribution in [0.4, 0.5) is 0 Å². The minimum Gasteiger partial charge on any atom is -0.392 e. The van der Waals surface area contributed by atoms with Crippen LogP contribution >= 0.6 is 11.6 Å². The predicted molar refractivity (Wildman–Crippen MR) is 59.1 cm³/mol. The quantitative estimate of drug-likeness (QED) is 0.811.